The van der Waals surface area contributed by atoms with Crippen molar-refractivity contribution in [3.63, 3.8) is 0 Å². The lowest BCUT2D eigenvalue weighted by Crippen LogP contribution is -2.44. The zero-order valence-electron chi connectivity index (χ0n) is 14.8. The van der Waals surface area contributed by atoms with Gasteiger partial charge >= 0.3 is 6.01 Å². The number of amides is 1. The quantitative estimate of drug-likeness (QED) is 0.891. The van der Waals surface area contributed by atoms with Crippen LogP contribution in [0, 0.1) is 5.41 Å². The lowest BCUT2D eigenvalue weighted by Gasteiger charge is -2.36. The van der Waals surface area contributed by atoms with Crippen molar-refractivity contribution in [2.75, 3.05) is 13.7 Å². The van der Waals surface area contributed by atoms with E-state index < -0.39 is 0 Å². The number of rotatable bonds is 5. The van der Waals surface area contributed by atoms with Crippen LogP contribution in [0.2, 0.25) is 0 Å². The second-order valence-corrected chi connectivity index (χ2v) is 7.30. The molecule has 2 fully saturated rings. The van der Waals surface area contributed by atoms with Crippen molar-refractivity contribution in [3.05, 3.63) is 53.9 Å². The summed E-state index contributed by atoms with van der Waals surface area (Å²) in [6, 6.07) is 10.7. The minimum atomic E-state index is -0.271. The number of carbonyl (C=O) groups is 1. The Labute approximate surface area is 152 Å². The Balaban J connectivity index is 1.59. The predicted octanol–water partition coefficient (Wildman–Crippen LogP) is 2.08. The Morgan fingerprint density at radius 2 is 2.00 bits per heavy atom. The third-order valence-electron chi connectivity index (χ3n) is 5.86. The number of aliphatic hydroxyl groups excluding tert-OH is 1. The number of benzene rings is 1. The summed E-state index contributed by atoms with van der Waals surface area (Å²) in [7, 11) is 1.50. The van der Waals surface area contributed by atoms with Crippen LogP contribution in [-0.2, 0) is 6.42 Å². The van der Waals surface area contributed by atoms with Crippen molar-refractivity contribution in [2.45, 2.75) is 37.8 Å². The number of aliphatic hydroxyl groups is 1. The van der Waals surface area contributed by atoms with Gasteiger partial charge in [0, 0.05) is 29.9 Å². The minimum absolute atomic E-state index is 0.0484. The highest BCUT2D eigenvalue weighted by atomic mass is 16.5. The van der Waals surface area contributed by atoms with E-state index in [2.05, 4.69) is 22.1 Å². The van der Waals surface area contributed by atoms with Crippen LogP contribution in [0.5, 0.6) is 6.01 Å². The molecule has 0 aliphatic carbocycles. The number of hydrogen-bond donors (Lipinski definition) is 1. The second kappa shape index (κ2) is 6.68. The highest BCUT2D eigenvalue weighted by Gasteiger charge is 2.57. The Hall–Kier alpha value is -2.47. The summed E-state index contributed by atoms with van der Waals surface area (Å²) >= 11 is 0. The molecule has 1 N–H and O–H groups in total. The molecule has 6 heteroatoms. The number of nitrogens with zero attached hydrogens (tertiary/aromatic N) is 3. The molecular formula is C20H23N3O3. The van der Waals surface area contributed by atoms with Crippen LogP contribution in [0.4, 0.5) is 0 Å². The van der Waals surface area contributed by atoms with Crippen LogP contribution in [0.1, 0.15) is 35.2 Å². The zero-order valence-corrected chi connectivity index (χ0v) is 14.8. The molecule has 1 amide bonds. The molecule has 1 aromatic heterocycles. The monoisotopic (exact) mass is 353 g/mol. The van der Waals surface area contributed by atoms with Crippen LogP contribution in [-0.4, -0.2) is 51.7 Å². The van der Waals surface area contributed by atoms with Crippen molar-refractivity contribution in [2.24, 2.45) is 5.41 Å². The van der Waals surface area contributed by atoms with E-state index in [4.69, 9.17) is 4.74 Å². The number of aromatic nitrogens is 2. The zero-order chi connectivity index (χ0) is 18.1. The van der Waals surface area contributed by atoms with E-state index in [1.165, 1.54) is 25.1 Å². The average molecular weight is 353 g/mol. The second-order valence-electron chi connectivity index (χ2n) is 7.30. The smallest absolute Gasteiger partial charge is 0.316 e. The highest BCUT2D eigenvalue weighted by Crippen LogP contribution is 2.51. The molecule has 1 aromatic carbocycles. The maximum absolute atomic E-state index is 13.1. The summed E-state index contributed by atoms with van der Waals surface area (Å²) in [6.07, 6.45) is 6.58. The normalized spacial score (nSPS) is 26.9. The first kappa shape index (κ1) is 17.0. The summed E-state index contributed by atoms with van der Waals surface area (Å²) in [5, 5.41) is 10.3. The molecule has 0 unspecified atom stereocenters. The molecule has 0 saturated carbocycles. The van der Waals surface area contributed by atoms with Gasteiger partial charge in [-0.3, -0.25) is 4.79 Å². The molecule has 2 aromatic rings. The van der Waals surface area contributed by atoms with Crippen LogP contribution >= 0.6 is 0 Å². The van der Waals surface area contributed by atoms with Crippen LogP contribution in [0.15, 0.2) is 42.7 Å². The summed E-state index contributed by atoms with van der Waals surface area (Å²) in [5.74, 6) is -0.0523. The summed E-state index contributed by atoms with van der Waals surface area (Å²) < 4.78 is 4.97. The third kappa shape index (κ3) is 2.74. The molecule has 4 rings (SSSR count). The maximum atomic E-state index is 13.1. The van der Waals surface area contributed by atoms with Gasteiger partial charge in [0.2, 0.25) is 0 Å². The van der Waals surface area contributed by atoms with E-state index in [1.807, 2.05) is 23.1 Å². The van der Waals surface area contributed by atoms with E-state index >= 15 is 0 Å². The number of hydrogen-bond acceptors (Lipinski definition) is 5. The van der Waals surface area contributed by atoms with E-state index in [9.17, 15) is 9.90 Å². The number of methoxy groups -OCH3 is 1. The summed E-state index contributed by atoms with van der Waals surface area (Å²) in [6.45, 7) is 0.0892. The number of fused-ring (bicyclic) bond motifs is 2. The Morgan fingerprint density at radius 1 is 1.27 bits per heavy atom. The standard InChI is InChI=1S/C20H23N3O3/c1-26-19-21-11-15(12-22-19)18(25)23-16-7-8-17(23)20(10-16,13-24)9-14-5-3-2-4-6-14/h2-6,11-12,16-17,24H,7-10,13H2,1H3/t16-,17+,20-/m1/s1. The molecular weight excluding hydrogens is 330 g/mol. The first-order valence-corrected chi connectivity index (χ1v) is 9.00. The van der Waals surface area contributed by atoms with Crippen LogP contribution in [0.25, 0.3) is 0 Å². The van der Waals surface area contributed by atoms with Gasteiger partial charge in [0.15, 0.2) is 0 Å². The van der Waals surface area contributed by atoms with Gasteiger partial charge in [0.05, 0.1) is 19.3 Å². The van der Waals surface area contributed by atoms with Crippen molar-refractivity contribution in [1.82, 2.24) is 14.9 Å². The first-order chi connectivity index (χ1) is 12.7. The minimum Gasteiger partial charge on any atom is -0.467 e. The predicted molar refractivity (Wildman–Crippen MR) is 95.8 cm³/mol. The van der Waals surface area contributed by atoms with Gasteiger partial charge in [-0.1, -0.05) is 30.3 Å². The highest BCUT2D eigenvalue weighted by molar-refractivity contribution is 5.94. The lowest BCUT2D eigenvalue weighted by molar-refractivity contribution is 0.0570. The van der Waals surface area contributed by atoms with Gasteiger partial charge in [-0.05, 0) is 31.2 Å². The number of carbonyl (C=O) groups excluding carboxylic acids is 1. The lowest BCUT2D eigenvalue weighted by atomic mass is 9.70. The third-order valence-corrected chi connectivity index (χ3v) is 5.86. The van der Waals surface area contributed by atoms with Crippen molar-refractivity contribution >= 4 is 5.91 Å². The van der Waals surface area contributed by atoms with Crippen molar-refractivity contribution < 1.29 is 14.6 Å². The first-order valence-electron chi connectivity index (χ1n) is 9.00. The molecule has 3 heterocycles. The Morgan fingerprint density at radius 3 is 2.65 bits per heavy atom. The summed E-state index contributed by atoms with van der Waals surface area (Å²) in [4.78, 5) is 23.2. The summed E-state index contributed by atoms with van der Waals surface area (Å²) in [5.41, 5.74) is 1.40. The number of ether oxygens (including phenoxy) is 1. The molecule has 0 spiro atoms. The molecule has 2 aliphatic rings. The fraction of sp³-hybridized carbons (Fsp3) is 0.450. The SMILES string of the molecule is COc1ncc(C(=O)N2[C@@H]3CC[C@H]2[C@](CO)(Cc2ccccc2)C3)cn1. The van der Waals surface area contributed by atoms with Gasteiger partial charge in [0.1, 0.15) is 0 Å². The topological polar surface area (TPSA) is 75.5 Å². The van der Waals surface area contributed by atoms with Gasteiger partial charge in [-0.25, -0.2) is 9.97 Å². The molecule has 3 atom stereocenters. The van der Waals surface area contributed by atoms with E-state index in [-0.39, 0.29) is 36.0 Å². The fourth-order valence-corrected chi connectivity index (χ4v) is 4.70. The van der Waals surface area contributed by atoms with E-state index in [0.29, 0.717) is 5.56 Å². The molecule has 2 saturated heterocycles. The van der Waals surface area contributed by atoms with Gasteiger partial charge in [-0.2, -0.15) is 0 Å². The largest absolute Gasteiger partial charge is 0.467 e. The Kier molecular flexibility index (Phi) is 4.36. The average Bonchev–Trinajstić information content (AvgIpc) is 3.24. The molecule has 136 valence electrons. The molecule has 0 radical (unpaired) electrons. The molecule has 2 bridgehead atoms. The van der Waals surface area contributed by atoms with Crippen LogP contribution < -0.4 is 4.74 Å². The molecule has 26 heavy (non-hydrogen) atoms. The van der Waals surface area contributed by atoms with E-state index in [1.54, 1.807) is 0 Å². The van der Waals surface area contributed by atoms with Gasteiger partial charge in [0.25, 0.3) is 5.91 Å². The van der Waals surface area contributed by atoms with E-state index in [0.717, 1.165) is 25.7 Å². The van der Waals surface area contributed by atoms with Crippen LogP contribution in [0.3, 0.4) is 0 Å². The maximum Gasteiger partial charge on any atom is 0.316 e. The van der Waals surface area contributed by atoms with Gasteiger partial charge in [-0.15, -0.1) is 0 Å². The molecule has 2 aliphatic heterocycles. The van der Waals surface area contributed by atoms with Crippen molar-refractivity contribution in [1.29, 1.82) is 0 Å². The van der Waals surface area contributed by atoms with Crippen molar-refractivity contribution in [3.8, 4) is 6.01 Å². The molecule has 6 nitrogen and oxygen atoms in total. The fourth-order valence-electron chi connectivity index (χ4n) is 4.70. The van der Waals surface area contributed by atoms with Gasteiger partial charge < -0.3 is 14.7 Å². The Bertz CT molecular complexity index is 781.